The molecule has 1 fully saturated rings. The fourth-order valence-corrected chi connectivity index (χ4v) is 2.72. The minimum atomic E-state index is -0.323. The van der Waals surface area contributed by atoms with E-state index < -0.39 is 0 Å². The number of nitrogens with two attached hydrogens (primary N) is 1. The van der Waals surface area contributed by atoms with E-state index in [1.165, 1.54) is 24.6 Å². The van der Waals surface area contributed by atoms with Gasteiger partial charge in [0.05, 0.1) is 5.75 Å². The van der Waals surface area contributed by atoms with Gasteiger partial charge in [-0.3, -0.25) is 9.59 Å². The second-order valence-electron chi connectivity index (χ2n) is 4.79. The van der Waals surface area contributed by atoms with Gasteiger partial charge < -0.3 is 11.1 Å². The summed E-state index contributed by atoms with van der Waals surface area (Å²) in [5.74, 6) is 1.54. The predicted octanol–water partition coefficient (Wildman–Crippen LogP) is 1.29. The van der Waals surface area contributed by atoms with E-state index in [4.69, 9.17) is 5.73 Å². The molecule has 0 bridgehead atoms. The highest BCUT2D eigenvalue weighted by atomic mass is 32.2. The first-order chi connectivity index (χ1) is 8.08. The number of hydrogen-bond donors (Lipinski definition) is 2. The molecule has 5 heteroatoms. The molecule has 0 radical (unpaired) electrons. The van der Waals surface area contributed by atoms with Gasteiger partial charge in [-0.15, -0.1) is 0 Å². The summed E-state index contributed by atoms with van der Waals surface area (Å²) in [7, 11) is 0. The summed E-state index contributed by atoms with van der Waals surface area (Å²) < 4.78 is 0. The molecule has 1 rings (SSSR count). The molecule has 2 amide bonds. The molecule has 0 spiro atoms. The van der Waals surface area contributed by atoms with E-state index in [1.807, 2.05) is 0 Å². The number of nitrogens with one attached hydrogen (secondary N) is 1. The quantitative estimate of drug-likeness (QED) is 0.705. The van der Waals surface area contributed by atoms with Crippen molar-refractivity contribution in [1.29, 1.82) is 0 Å². The van der Waals surface area contributed by atoms with E-state index in [0.717, 1.165) is 18.8 Å². The van der Waals surface area contributed by atoms with Crippen LogP contribution < -0.4 is 11.1 Å². The van der Waals surface area contributed by atoms with Gasteiger partial charge >= 0.3 is 0 Å². The van der Waals surface area contributed by atoms with Gasteiger partial charge in [0.2, 0.25) is 11.8 Å². The van der Waals surface area contributed by atoms with Gasteiger partial charge in [-0.1, -0.05) is 6.92 Å². The van der Waals surface area contributed by atoms with Gasteiger partial charge in [-0.2, -0.15) is 11.8 Å². The van der Waals surface area contributed by atoms with E-state index in [-0.39, 0.29) is 11.8 Å². The van der Waals surface area contributed by atoms with Crippen molar-refractivity contribution < 1.29 is 9.59 Å². The standard InChI is InChI=1S/C12H22N2O2S/c1-9-2-4-10(5-3-9)14-12(16)6-7-17-8-11(13)15/h9-10H,2-8H2,1H3,(H2,13,15)(H,14,16). The smallest absolute Gasteiger partial charge is 0.227 e. The van der Waals surface area contributed by atoms with Crippen molar-refractivity contribution in [3.8, 4) is 0 Å². The molecule has 0 atom stereocenters. The van der Waals surface area contributed by atoms with E-state index in [2.05, 4.69) is 12.2 Å². The molecule has 0 aromatic carbocycles. The maximum atomic E-state index is 11.6. The highest BCUT2D eigenvalue weighted by Crippen LogP contribution is 2.23. The van der Waals surface area contributed by atoms with Gasteiger partial charge in [-0.05, 0) is 31.6 Å². The minimum absolute atomic E-state index is 0.0986. The van der Waals surface area contributed by atoms with Crippen LogP contribution in [-0.4, -0.2) is 29.4 Å². The fourth-order valence-electron chi connectivity index (χ4n) is 2.04. The van der Waals surface area contributed by atoms with E-state index in [9.17, 15) is 9.59 Å². The van der Waals surface area contributed by atoms with Crippen molar-refractivity contribution in [2.24, 2.45) is 11.7 Å². The molecule has 1 aliphatic rings. The Bertz CT molecular complexity index is 263. The Balaban J connectivity index is 2.06. The van der Waals surface area contributed by atoms with Crippen LogP contribution in [0.3, 0.4) is 0 Å². The third-order valence-corrected chi connectivity index (χ3v) is 4.08. The summed E-state index contributed by atoms with van der Waals surface area (Å²) in [5.41, 5.74) is 5.01. The maximum Gasteiger partial charge on any atom is 0.227 e. The molecule has 3 N–H and O–H groups in total. The first kappa shape index (κ1) is 14.4. The van der Waals surface area contributed by atoms with Crippen LogP contribution in [0.1, 0.15) is 39.0 Å². The van der Waals surface area contributed by atoms with Crippen molar-refractivity contribution in [2.45, 2.75) is 45.1 Å². The Morgan fingerprint density at radius 2 is 1.94 bits per heavy atom. The molecule has 0 aliphatic heterocycles. The fraction of sp³-hybridized carbons (Fsp3) is 0.833. The molecule has 0 saturated heterocycles. The van der Waals surface area contributed by atoms with Crippen molar-refractivity contribution in [3.05, 3.63) is 0 Å². The molecule has 0 unspecified atom stereocenters. The van der Waals surface area contributed by atoms with Crippen molar-refractivity contribution in [2.75, 3.05) is 11.5 Å². The Morgan fingerprint density at radius 1 is 1.29 bits per heavy atom. The number of carbonyl (C=O) groups excluding carboxylic acids is 2. The lowest BCUT2D eigenvalue weighted by molar-refractivity contribution is -0.121. The lowest BCUT2D eigenvalue weighted by atomic mass is 9.87. The van der Waals surface area contributed by atoms with Crippen LogP contribution in [0.5, 0.6) is 0 Å². The van der Waals surface area contributed by atoms with Crippen molar-refractivity contribution in [1.82, 2.24) is 5.32 Å². The SMILES string of the molecule is CC1CCC(NC(=O)CCSCC(N)=O)CC1. The molecule has 98 valence electrons. The summed E-state index contributed by atoms with van der Waals surface area (Å²) in [6.45, 7) is 2.26. The van der Waals surface area contributed by atoms with Crippen LogP contribution in [0.2, 0.25) is 0 Å². The average Bonchev–Trinajstić information content (AvgIpc) is 2.27. The predicted molar refractivity (Wildman–Crippen MR) is 70.7 cm³/mol. The molecule has 17 heavy (non-hydrogen) atoms. The number of hydrogen-bond acceptors (Lipinski definition) is 3. The highest BCUT2D eigenvalue weighted by molar-refractivity contribution is 7.99. The summed E-state index contributed by atoms with van der Waals surface area (Å²) >= 11 is 1.42. The topological polar surface area (TPSA) is 72.2 Å². The minimum Gasteiger partial charge on any atom is -0.369 e. The lowest BCUT2D eigenvalue weighted by Gasteiger charge is -2.26. The molecule has 0 aromatic rings. The van der Waals surface area contributed by atoms with Gasteiger partial charge in [0.15, 0.2) is 0 Å². The number of rotatable bonds is 6. The summed E-state index contributed by atoms with van der Waals surface area (Å²) in [6.07, 6.45) is 5.09. The largest absolute Gasteiger partial charge is 0.369 e. The van der Waals surface area contributed by atoms with Crippen LogP contribution in [-0.2, 0) is 9.59 Å². The third kappa shape index (κ3) is 6.56. The summed E-state index contributed by atoms with van der Waals surface area (Å²) in [6, 6.07) is 0.361. The first-order valence-electron chi connectivity index (χ1n) is 6.23. The van der Waals surface area contributed by atoms with Crippen molar-refractivity contribution >= 4 is 23.6 Å². The lowest BCUT2D eigenvalue weighted by Crippen LogP contribution is -2.37. The van der Waals surface area contributed by atoms with E-state index in [1.54, 1.807) is 0 Å². The molecule has 1 aliphatic carbocycles. The summed E-state index contributed by atoms with van der Waals surface area (Å²) in [4.78, 5) is 22.1. The molecule has 4 nitrogen and oxygen atoms in total. The Morgan fingerprint density at radius 3 is 2.53 bits per heavy atom. The monoisotopic (exact) mass is 258 g/mol. The molecule has 0 heterocycles. The Hall–Kier alpha value is -0.710. The second kappa shape index (κ2) is 7.58. The average molecular weight is 258 g/mol. The summed E-state index contributed by atoms with van der Waals surface area (Å²) in [5, 5.41) is 3.06. The zero-order valence-corrected chi connectivity index (χ0v) is 11.2. The van der Waals surface area contributed by atoms with Crippen LogP contribution in [0, 0.1) is 5.92 Å². The Kier molecular flexibility index (Phi) is 6.40. The molecular weight excluding hydrogens is 236 g/mol. The Labute approximate surface area is 107 Å². The molecular formula is C12H22N2O2S. The maximum absolute atomic E-state index is 11.6. The number of carbonyl (C=O) groups is 2. The third-order valence-electron chi connectivity index (χ3n) is 3.10. The molecule has 0 aromatic heterocycles. The zero-order chi connectivity index (χ0) is 12.7. The highest BCUT2D eigenvalue weighted by Gasteiger charge is 2.19. The number of amides is 2. The van der Waals surface area contributed by atoms with Gasteiger partial charge in [0, 0.05) is 18.2 Å². The van der Waals surface area contributed by atoms with Gasteiger partial charge in [0.1, 0.15) is 0 Å². The molecule has 1 saturated carbocycles. The van der Waals surface area contributed by atoms with Crippen LogP contribution in [0.25, 0.3) is 0 Å². The van der Waals surface area contributed by atoms with Crippen LogP contribution >= 0.6 is 11.8 Å². The van der Waals surface area contributed by atoms with Gasteiger partial charge in [-0.25, -0.2) is 0 Å². The van der Waals surface area contributed by atoms with E-state index >= 15 is 0 Å². The zero-order valence-electron chi connectivity index (χ0n) is 10.4. The van der Waals surface area contributed by atoms with Crippen LogP contribution in [0.4, 0.5) is 0 Å². The number of primary amides is 1. The first-order valence-corrected chi connectivity index (χ1v) is 7.39. The number of thioether (sulfide) groups is 1. The second-order valence-corrected chi connectivity index (χ2v) is 5.90. The van der Waals surface area contributed by atoms with Crippen LogP contribution in [0.15, 0.2) is 0 Å². The van der Waals surface area contributed by atoms with Crippen molar-refractivity contribution in [3.63, 3.8) is 0 Å². The van der Waals surface area contributed by atoms with E-state index in [0.29, 0.717) is 24.0 Å². The normalized spacial score (nSPS) is 24.3. The van der Waals surface area contributed by atoms with Gasteiger partial charge in [0.25, 0.3) is 0 Å².